The minimum Gasteiger partial charge on any atom is -0.355 e. The van der Waals surface area contributed by atoms with E-state index >= 15 is 0 Å². The lowest BCUT2D eigenvalue weighted by atomic mass is 10.1. The maximum absolute atomic E-state index is 12.9. The first-order valence-electron chi connectivity index (χ1n) is 8.86. The summed E-state index contributed by atoms with van der Waals surface area (Å²) in [5.41, 5.74) is 5.27. The van der Waals surface area contributed by atoms with Crippen LogP contribution in [0.5, 0.6) is 0 Å². The van der Waals surface area contributed by atoms with Crippen molar-refractivity contribution in [3.05, 3.63) is 82.4 Å². The van der Waals surface area contributed by atoms with Gasteiger partial charge in [0.05, 0.1) is 17.7 Å². The van der Waals surface area contributed by atoms with E-state index in [-0.39, 0.29) is 11.8 Å². The van der Waals surface area contributed by atoms with Crippen LogP contribution in [0, 0.1) is 6.92 Å². The summed E-state index contributed by atoms with van der Waals surface area (Å²) in [6.45, 7) is 1.92. The summed E-state index contributed by atoms with van der Waals surface area (Å²) >= 11 is 6.20. The molecule has 2 amide bonds. The van der Waals surface area contributed by atoms with E-state index in [0.717, 1.165) is 22.5 Å². The van der Waals surface area contributed by atoms with Crippen molar-refractivity contribution in [1.29, 1.82) is 0 Å². The van der Waals surface area contributed by atoms with Crippen molar-refractivity contribution >= 4 is 46.2 Å². The predicted octanol–water partition coefficient (Wildman–Crippen LogP) is 5.14. The fourth-order valence-electron chi connectivity index (χ4n) is 3.18. The van der Waals surface area contributed by atoms with Gasteiger partial charge in [0.15, 0.2) is 0 Å². The van der Waals surface area contributed by atoms with Gasteiger partial charge < -0.3 is 16.0 Å². The lowest BCUT2D eigenvalue weighted by molar-refractivity contribution is -0.115. The number of rotatable bonds is 4. The van der Waals surface area contributed by atoms with E-state index in [1.54, 1.807) is 18.2 Å². The summed E-state index contributed by atoms with van der Waals surface area (Å²) in [6.07, 6.45) is 0.325. The maximum Gasteiger partial charge on any atom is 0.257 e. The molecule has 1 aliphatic rings. The Morgan fingerprint density at radius 2 is 1.82 bits per heavy atom. The second-order valence-corrected chi connectivity index (χ2v) is 7.04. The van der Waals surface area contributed by atoms with Crippen LogP contribution >= 0.6 is 11.6 Å². The van der Waals surface area contributed by atoms with Crippen LogP contribution in [0.4, 0.5) is 22.7 Å². The number of hydrogen-bond donors (Lipinski definition) is 3. The second kappa shape index (κ2) is 7.37. The van der Waals surface area contributed by atoms with E-state index in [1.165, 1.54) is 0 Å². The molecule has 0 spiro atoms. The highest BCUT2D eigenvalue weighted by Crippen LogP contribution is 2.29. The highest BCUT2D eigenvalue weighted by molar-refractivity contribution is 6.31. The third kappa shape index (κ3) is 3.57. The summed E-state index contributed by atoms with van der Waals surface area (Å²) in [5, 5.41) is 9.65. The molecule has 0 saturated carbocycles. The summed E-state index contributed by atoms with van der Waals surface area (Å²) in [5.74, 6) is -0.273. The lowest BCUT2D eigenvalue weighted by Gasteiger charge is -2.15. The fraction of sp³-hybridized carbons (Fsp3) is 0.0909. The summed E-state index contributed by atoms with van der Waals surface area (Å²) in [7, 11) is 0. The molecule has 1 aliphatic heterocycles. The number of benzene rings is 3. The smallest absolute Gasteiger partial charge is 0.257 e. The summed E-state index contributed by atoms with van der Waals surface area (Å²) in [4.78, 5) is 24.4. The van der Waals surface area contributed by atoms with Gasteiger partial charge in [-0.25, -0.2) is 0 Å². The first-order chi connectivity index (χ1) is 13.5. The average Bonchev–Trinajstić information content (AvgIpc) is 3.05. The van der Waals surface area contributed by atoms with Crippen LogP contribution in [0.1, 0.15) is 21.5 Å². The molecule has 0 aliphatic carbocycles. The van der Waals surface area contributed by atoms with Gasteiger partial charge in [0.1, 0.15) is 0 Å². The Morgan fingerprint density at radius 3 is 2.68 bits per heavy atom. The normalized spacial score (nSPS) is 12.3. The lowest BCUT2D eigenvalue weighted by Crippen LogP contribution is -2.14. The van der Waals surface area contributed by atoms with Gasteiger partial charge in [-0.1, -0.05) is 29.8 Å². The number of fused-ring (bicyclic) bond motifs is 1. The molecule has 3 aromatic rings. The molecule has 28 heavy (non-hydrogen) atoms. The van der Waals surface area contributed by atoms with Crippen molar-refractivity contribution < 1.29 is 9.59 Å². The highest BCUT2D eigenvalue weighted by atomic mass is 35.5. The van der Waals surface area contributed by atoms with Crippen molar-refractivity contribution in [2.45, 2.75) is 13.3 Å². The Balaban J connectivity index is 1.58. The molecule has 6 heteroatoms. The molecule has 3 N–H and O–H groups in total. The molecule has 0 saturated heterocycles. The zero-order valence-corrected chi connectivity index (χ0v) is 15.9. The van der Waals surface area contributed by atoms with Crippen LogP contribution in [0.25, 0.3) is 0 Å². The third-order valence-electron chi connectivity index (χ3n) is 4.70. The van der Waals surface area contributed by atoms with Crippen LogP contribution in [0.2, 0.25) is 5.02 Å². The number of nitrogens with one attached hydrogen (secondary N) is 3. The largest absolute Gasteiger partial charge is 0.355 e. The Kier molecular flexibility index (Phi) is 4.75. The first kappa shape index (κ1) is 18.1. The molecular formula is C22H18ClN3O2. The zero-order chi connectivity index (χ0) is 19.7. The van der Waals surface area contributed by atoms with Crippen LogP contribution in [-0.4, -0.2) is 11.8 Å². The standard InChI is InChI=1S/C22H18ClN3O2/c1-13-17(23)6-4-8-18(13)25-20-7-3-2-5-16(20)22(28)24-15-9-10-19-14(11-15)12-21(27)26-19/h2-11,25H,12H2,1H3,(H,24,28)(H,26,27). The Hall–Kier alpha value is -3.31. The number of halogens is 1. The van der Waals surface area contributed by atoms with E-state index in [0.29, 0.717) is 28.4 Å². The Labute approximate surface area is 167 Å². The molecule has 5 nitrogen and oxygen atoms in total. The van der Waals surface area contributed by atoms with Gasteiger partial charge in [0, 0.05) is 22.1 Å². The SMILES string of the molecule is Cc1c(Cl)cccc1Nc1ccccc1C(=O)Nc1ccc2c(c1)CC(=O)N2. The molecule has 0 aromatic heterocycles. The monoisotopic (exact) mass is 391 g/mol. The van der Waals surface area contributed by atoms with Crippen molar-refractivity contribution in [1.82, 2.24) is 0 Å². The van der Waals surface area contributed by atoms with Crippen LogP contribution in [0.15, 0.2) is 60.7 Å². The van der Waals surface area contributed by atoms with Gasteiger partial charge in [0.25, 0.3) is 5.91 Å². The third-order valence-corrected chi connectivity index (χ3v) is 5.11. The molecule has 1 heterocycles. The highest BCUT2D eigenvalue weighted by Gasteiger charge is 2.19. The summed E-state index contributed by atoms with van der Waals surface area (Å²) < 4.78 is 0. The van der Waals surface area contributed by atoms with E-state index in [1.807, 2.05) is 49.4 Å². The van der Waals surface area contributed by atoms with Gasteiger partial charge in [-0.3, -0.25) is 9.59 Å². The average molecular weight is 392 g/mol. The molecule has 0 unspecified atom stereocenters. The van der Waals surface area contributed by atoms with Crippen LogP contribution < -0.4 is 16.0 Å². The van der Waals surface area contributed by atoms with Gasteiger partial charge in [-0.15, -0.1) is 0 Å². The molecule has 3 aromatic carbocycles. The predicted molar refractivity (Wildman–Crippen MR) is 113 cm³/mol. The number of para-hydroxylation sites is 1. The van der Waals surface area contributed by atoms with Crippen molar-refractivity contribution in [2.75, 3.05) is 16.0 Å². The van der Waals surface area contributed by atoms with Crippen molar-refractivity contribution in [2.24, 2.45) is 0 Å². The Morgan fingerprint density at radius 1 is 1.04 bits per heavy atom. The summed E-state index contributed by atoms with van der Waals surface area (Å²) in [6, 6.07) is 18.3. The van der Waals surface area contributed by atoms with Gasteiger partial charge in [0.2, 0.25) is 5.91 Å². The molecule has 0 fully saturated rings. The number of amides is 2. The van der Waals surface area contributed by atoms with Gasteiger partial charge >= 0.3 is 0 Å². The molecule has 0 atom stereocenters. The number of hydrogen-bond acceptors (Lipinski definition) is 3. The van der Waals surface area contributed by atoms with E-state index in [4.69, 9.17) is 11.6 Å². The topological polar surface area (TPSA) is 70.2 Å². The fourth-order valence-corrected chi connectivity index (χ4v) is 3.36. The van der Waals surface area contributed by atoms with E-state index in [9.17, 15) is 9.59 Å². The van der Waals surface area contributed by atoms with Crippen molar-refractivity contribution in [3.8, 4) is 0 Å². The molecule has 0 radical (unpaired) electrons. The minimum atomic E-state index is -0.236. The Bertz CT molecular complexity index is 1090. The number of anilines is 4. The van der Waals surface area contributed by atoms with E-state index in [2.05, 4.69) is 16.0 Å². The number of carbonyl (C=O) groups excluding carboxylic acids is 2. The first-order valence-corrected chi connectivity index (χ1v) is 9.24. The van der Waals surface area contributed by atoms with E-state index < -0.39 is 0 Å². The molecule has 0 bridgehead atoms. The quantitative estimate of drug-likeness (QED) is 0.576. The zero-order valence-electron chi connectivity index (χ0n) is 15.2. The molecule has 4 rings (SSSR count). The van der Waals surface area contributed by atoms with Crippen LogP contribution in [0.3, 0.4) is 0 Å². The number of carbonyl (C=O) groups is 2. The minimum absolute atomic E-state index is 0.0371. The van der Waals surface area contributed by atoms with Gasteiger partial charge in [-0.2, -0.15) is 0 Å². The molecule has 140 valence electrons. The second-order valence-electron chi connectivity index (χ2n) is 6.63. The molecular weight excluding hydrogens is 374 g/mol. The van der Waals surface area contributed by atoms with Gasteiger partial charge in [-0.05, 0) is 60.5 Å². The van der Waals surface area contributed by atoms with Crippen LogP contribution in [-0.2, 0) is 11.2 Å². The van der Waals surface area contributed by atoms with Crippen molar-refractivity contribution in [3.63, 3.8) is 0 Å². The maximum atomic E-state index is 12.9.